The molecule has 18 heavy (non-hydrogen) atoms. The summed E-state index contributed by atoms with van der Waals surface area (Å²) in [5.74, 6) is 0.110. The van der Waals surface area contributed by atoms with Crippen LogP contribution in [0.25, 0.3) is 0 Å². The number of hydrogen-bond donors (Lipinski definition) is 1. The van der Waals surface area contributed by atoms with E-state index < -0.39 is 15.6 Å². The Balaban J connectivity index is 1.99. The standard InChI is InChI=1S/C11H20N2O4S/c1-10(2,3)17-9(14)13-5-4-11(7-13)6-12-18(15,16)8-11/h12H,4-8H2,1-3H3. The third-order valence-electron chi connectivity index (χ3n) is 3.25. The maximum Gasteiger partial charge on any atom is 0.410 e. The molecule has 7 heteroatoms. The van der Waals surface area contributed by atoms with E-state index in [1.165, 1.54) is 0 Å². The second-order valence-electron chi connectivity index (χ2n) is 6.23. The zero-order chi connectivity index (χ0) is 13.6. The van der Waals surface area contributed by atoms with Crippen molar-refractivity contribution in [2.24, 2.45) is 5.41 Å². The lowest BCUT2D eigenvalue weighted by Crippen LogP contribution is -2.38. The quantitative estimate of drug-likeness (QED) is 0.701. The van der Waals surface area contributed by atoms with E-state index >= 15 is 0 Å². The predicted octanol–water partition coefficient (Wildman–Crippen LogP) is 0.547. The smallest absolute Gasteiger partial charge is 0.410 e. The molecule has 1 atom stereocenters. The highest BCUT2D eigenvalue weighted by Gasteiger charge is 2.48. The minimum atomic E-state index is -3.15. The number of carbonyl (C=O) groups excluding carboxylic acids is 1. The molecule has 2 aliphatic rings. The highest BCUT2D eigenvalue weighted by Crippen LogP contribution is 2.35. The van der Waals surface area contributed by atoms with Crippen molar-refractivity contribution in [2.75, 3.05) is 25.4 Å². The van der Waals surface area contributed by atoms with Crippen LogP contribution in [0, 0.1) is 5.41 Å². The molecule has 0 aliphatic carbocycles. The van der Waals surface area contributed by atoms with Gasteiger partial charge in [-0.05, 0) is 27.2 Å². The lowest BCUT2D eigenvalue weighted by molar-refractivity contribution is 0.0278. The number of amides is 1. The van der Waals surface area contributed by atoms with Crippen LogP contribution in [0.4, 0.5) is 4.79 Å². The molecule has 1 N–H and O–H groups in total. The van der Waals surface area contributed by atoms with E-state index in [4.69, 9.17) is 4.74 Å². The van der Waals surface area contributed by atoms with E-state index in [0.29, 0.717) is 26.1 Å². The first-order valence-corrected chi connectivity index (χ1v) is 7.71. The fourth-order valence-corrected chi connectivity index (χ4v) is 4.22. The summed E-state index contributed by atoms with van der Waals surface area (Å²) in [7, 11) is -3.15. The SMILES string of the molecule is CC(C)(C)OC(=O)N1CCC2(CNS(=O)(=O)C2)C1. The monoisotopic (exact) mass is 276 g/mol. The molecule has 2 rings (SSSR count). The average molecular weight is 276 g/mol. The predicted molar refractivity (Wildman–Crippen MR) is 66.6 cm³/mol. The van der Waals surface area contributed by atoms with Crippen LogP contribution in [0.15, 0.2) is 0 Å². The molecular weight excluding hydrogens is 256 g/mol. The number of likely N-dealkylation sites (tertiary alicyclic amines) is 1. The van der Waals surface area contributed by atoms with E-state index in [-0.39, 0.29) is 17.3 Å². The summed E-state index contributed by atoms with van der Waals surface area (Å²) in [6, 6.07) is 0. The highest BCUT2D eigenvalue weighted by molar-refractivity contribution is 7.89. The molecular formula is C11H20N2O4S. The van der Waals surface area contributed by atoms with E-state index in [1.807, 2.05) is 20.8 Å². The Morgan fingerprint density at radius 1 is 1.39 bits per heavy atom. The van der Waals surface area contributed by atoms with Gasteiger partial charge in [0.1, 0.15) is 5.60 Å². The largest absolute Gasteiger partial charge is 0.444 e. The van der Waals surface area contributed by atoms with Crippen molar-refractivity contribution < 1.29 is 17.9 Å². The summed E-state index contributed by atoms with van der Waals surface area (Å²) in [6.45, 7) is 6.89. The second-order valence-corrected chi connectivity index (χ2v) is 8.04. The minimum Gasteiger partial charge on any atom is -0.444 e. The maximum atomic E-state index is 11.9. The molecule has 1 unspecified atom stereocenters. The van der Waals surface area contributed by atoms with Crippen LogP contribution in [0.1, 0.15) is 27.2 Å². The molecule has 2 aliphatic heterocycles. The van der Waals surface area contributed by atoms with E-state index in [0.717, 1.165) is 0 Å². The molecule has 0 aromatic heterocycles. The number of nitrogens with one attached hydrogen (secondary N) is 1. The van der Waals surface area contributed by atoms with Crippen LogP contribution in [0.3, 0.4) is 0 Å². The lowest BCUT2D eigenvalue weighted by atomic mass is 9.90. The normalized spacial score (nSPS) is 30.9. The van der Waals surface area contributed by atoms with Crippen LogP contribution < -0.4 is 4.72 Å². The average Bonchev–Trinajstić information content (AvgIpc) is 2.69. The molecule has 0 aromatic rings. The third-order valence-corrected chi connectivity index (χ3v) is 4.83. The first kappa shape index (κ1) is 13.6. The number of sulfonamides is 1. The second kappa shape index (κ2) is 4.09. The topological polar surface area (TPSA) is 75.7 Å². The summed E-state index contributed by atoms with van der Waals surface area (Å²) in [5.41, 5.74) is -0.845. The van der Waals surface area contributed by atoms with Gasteiger partial charge in [0.2, 0.25) is 10.0 Å². The van der Waals surface area contributed by atoms with Gasteiger partial charge >= 0.3 is 6.09 Å². The zero-order valence-electron chi connectivity index (χ0n) is 11.0. The van der Waals surface area contributed by atoms with Gasteiger partial charge in [-0.1, -0.05) is 0 Å². The summed E-state index contributed by atoms with van der Waals surface area (Å²) in [6.07, 6.45) is 0.349. The highest BCUT2D eigenvalue weighted by atomic mass is 32.2. The molecule has 2 saturated heterocycles. The third kappa shape index (κ3) is 2.95. The van der Waals surface area contributed by atoms with Gasteiger partial charge < -0.3 is 9.64 Å². The van der Waals surface area contributed by atoms with Crippen molar-refractivity contribution in [3.05, 3.63) is 0 Å². The fourth-order valence-electron chi connectivity index (χ4n) is 2.45. The molecule has 2 fully saturated rings. The van der Waals surface area contributed by atoms with Crippen LogP contribution in [-0.4, -0.2) is 50.4 Å². The van der Waals surface area contributed by atoms with Gasteiger partial charge in [-0.15, -0.1) is 0 Å². The summed E-state index contributed by atoms with van der Waals surface area (Å²) >= 11 is 0. The van der Waals surface area contributed by atoms with Crippen LogP contribution in [0.5, 0.6) is 0 Å². The van der Waals surface area contributed by atoms with Crippen molar-refractivity contribution in [3.8, 4) is 0 Å². The van der Waals surface area contributed by atoms with Gasteiger partial charge in [-0.25, -0.2) is 17.9 Å². The van der Waals surface area contributed by atoms with Crippen LogP contribution in [0.2, 0.25) is 0 Å². The van der Waals surface area contributed by atoms with Gasteiger partial charge in [-0.3, -0.25) is 0 Å². The Morgan fingerprint density at radius 2 is 2.06 bits per heavy atom. The van der Waals surface area contributed by atoms with Gasteiger partial charge in [0.15, 0.2) is 0 Å². The first-order chi connectivity index (χ1) is 8.11. The Morgan fingerprint density at radius 3 is 2.56 bits per heavy atom. The van der Waals surface area contributed by atoms with Gasteiger partial charge in [0.05, 0.1) is 5.75 Å². The van der Waals surface area contributed by atoms with E-state index in [2.05, 4.69) is 4.72 Å². The zero-order valence-corrected chi connectivity index (χ0v) is 11.8. The summed E-state index contributed by atoms with van der Waals surface area (Å²) < 4.78 is 30.7. The number of hydrogen-bond acceptors (Lipinski definition) is 4. The molecule has 0 bridgehead atoms. The van der Waals surface area contributed by atoms with Crippen molar-refractivity contribution in [2.45, 2.75) is 32.8 Å². The fraction of sp³-hybridized carbons (Fsp3) is 0.909. The molecule has 6 nitrogen and oxygen atoms in total. The Kier molecular flexibility index (Phi) is 3.09. The minimum absolute atomic E-state index is 0.110. The lowest BCUT2D eigenvalue weighted by Gasteiger charge is -2.25. The van der Waals surface area contributed by atoms with Crippen molar-refractivity contribution in [3.63, 3.8) is 0 Å². The molecule has 104 valence electrons. The Labute approximate surface area is 108 Å². The van der Waals surface area contributed by atoms with Crippen LogP contribution in [-0.2, 0) is 14.8 Å². The van der Waals surface area contributed by atoms with E-state index in [1.54, 1.807) is 4.90 Å². The summed E-state index contributed by atoms with van der Waals surface area (Å²) in [5, 5.41) is 0. The molecule has 1 spiro atoms. The van der Waals surface area contributed by atoms with Crippen molar-refractivity contribution in [1.82, 2.24) is 9.62 Å². The number of rotatable bonds is 0. The Bertz CT molecular complexity index is 454. The number of ether oxygens (including phenoxy) is 1. The number of carbonyl (C=O) groups is 1. The summed E-state index contributed by atoms with van der Waals surface area (Å²) in [4.78, 5) is 13.5. The van der Waals surface area contributed by atoms with Crippen molar-refractivity contribution >= 4 is 16.1 Å². The molecule has 0 saturated carbocycles. The van der Waals surface area contributed by atoms with Gasteiger partial charge in [0.25, 0.3) is 0 Å². The van der Waals surface area contributed by atoms with Gasteiger partial charge in [0, 0.05) is 25.0 Å². The Hall–Kier alpha value is -0.820. The van der Waals surface area contributed by atoms with Gasteiger partial charge in [-0.2, -0.15) is 0 Å². The molecule has 1 amide bonds. The van der Waals surface area contributed by atoms with E-state index in [9.17, 15) is 13.2 Å². The molecule has 0 aromatic carbocycles. The molecule has 2 heterocycles. The number of nitrogens with zero attached hydrogens (tertiary/aromatic N) is 1. The maximum absolute atomic E-state index is 11.9. The van der Waals surface area contributed by atoms with Crippen LogP contribution >= 0.6 is 0 Å². The molecule has 0 radical (unpaired) electrons. The first-order valence-electron chi connectivity index (χ1n) is 6.06. The van der Waals surface area contributed by atoms with Crippen molar-refractivity contribution in [1.29, 1.82) is 0 Å².